The van der Waals surface area contributed by atoms with Crippen LogP contribution in [0.25, 0.3) is 22.1 Å². The van der Waals surface area contributed by atoms with Crippen LogP contribution in [0.2, 0.25) is 5.02 Å². The number of imide groups is 1. The molecule has 61 heavy (non-hydrogen) atoms. The monoisotopic (exact) mass is 868 g/mol. The number of likely N-dealkylation sites (tertiary alicyclic amines) is 1. The quantitative estimate of drug-likeness (QED) is 0.140. The highest BCUT2D eigenvalue weighted by Gasteiger charge is 2.46. The summed E-state index contributed by atoms with van der Waals surface area (Å²) in [5, 5.41) is 7.24. The number of nitrogens with one attached hydrogen (secondary N) is 2. The number of benzene rings is 2. The van der Waals surface area contributed by atoms with Crippen molar-refractivity contribution in [2.75, 3.05) is 42.9 Å². The lowest BCUT2D eigenvalue weighted by molar-refractivity contribution is -0.135. The van der Waals surface area contributed by atoms with Crippen LogP contribution in [0, 0.1) is 24.1 Å². The summed E-state index contributed by atoms with van der Waals surface area (Å²) in [6.45, 7) is 6.83. The van der Waals surface area contributed by atoms with Crippen LogP contribution in [-0.2, 0) is 9.59 Å². The summed E-state index contributed by atoms with van der Waals surface area (Å²) in [5.41, 5.74) is 3.42. The first-order valence-corrected chi connectivity index (χ1v) is 23.0. The van der Waals surface area contributed by atoms with Crippen LogP contribution in [-0.4, -0.2) is 73.8 Å². The first kappa shape index (κ1) is 40.3. The highest BCUT2D eigenvalue weighted by atomic mass is 35.5. The van der Waals surface area contributed by atoms with E-state index in [9.17, 15) is 19.2 Å². The van der Waals surface area contributed by atoms with Crippen LogP contribution in [0.1, 0.15) is 94.7 Å². The van der Waals surface area contributed by atoms with Gasteiger partial charge in [-0.3, -0.25) is 28.8 Å². The first-order chi connectivity index (χ1) is 29.5. The van der Waals surface area contributed by atoms with Gasteiger partial charge in [-0.15, -0.1) is 11.8 Å². The van der Waals surface area contributed by atoms with Crippen molar-refractivity contribution < 1.29 is 18.4 Å². The minimum Gasteiger partial charge on any atom is -0.404 e. The second kappa shape index (κ2) is 16.2. The molecule has 1 spiro atoms. The molecular weight excluding hydrogens is 819 g/mol. The molecule has 6 heterocycles. The fourth-order valence-corrected chi connectivity index (χ4v) is 12.5. The van der Waals surface area contributed by atoms with Crippen LogP contribution in [0.15, 0.2) is 61.5 Å². The molecule has 2 amide bonds. The number of hydrogen-bond donors (Lipinski definition) is 2. The zero-order chi connectivity index (χ0) is 42.0. The number of aromatic nitrogens is 4. The molecule has 0 radical (unpaired) electrons. The Morgan fingerprint density at radius 2 is 1.74 bits per heavy atom. The molecule has 16 heteroatoms. The van der Waals surface area contributed by atoms with E-state index in [4.69, 9.17) is 21.0 Å². The third-order valence-electron chi connectivity index (χ3n) is 14.1. The molecule has 5 aliphatic rings. The van der Waals surface area contributed by atoms with Crippen molar-refractivity contribution in [2.45, 2.75) is 106 Å². The molecule has 320 valence electrons. The number of oxazole rings is 1. The molecule has 2 N–H and O–H groups in total. The van der Waals surface area contributed by atoms with E-state index >= 15 is 4.39 Å². The van der Waals surface area contributed by atoms with E-state index in [0.717, 1.165) is 87.9 Å². The van der Waals surface area contributed by atoms with Gasteiger partial charge >= 0.3 is 5.76 Å². The third-order valence-corrected chi connectivity index (χ3v) is 15.6. The maximum Gasteiger partial charge on any atom is 0.420 e. The van der Waals surface area contributed by atoms with Gasteiger partial charge in [-0.1, -0.05) is 24.4 Å². The van der Waals surface area contributed by atoms with Gasteiger partial charge in [0.1, 0.15) is 16.7 Å². The van der Waals surface area contributed by atoms with E-state index in [-0.39, 0.29) is 46.5 Å². The van der Waals surface area contributed by atoms with E-state index in [1.54, 1.807) is 29.0 Å². The average Bonchev–Trinajstić information content (AvgIpc) is 3.89. The number of pyridine rings is 1. The van der Waals surface area contributed by atoms with E-state index in [1.165, 1.54) is 35.1 Å². The highest BCUT2D eigenvalue weighted by molar-refractivity contribution is 8.00. The number of carbonyl (C=O) groups is 2. The average molecular weight is 869 g/mol. The molecule has 3 saturated heterocycles. The molecule has 3 aliphatic heterocycles. The number of carbonyl (C=O) groups excluding carboxylic acids is 2. The van der Waals surface area contributed by atoms with Crippen molar-refractivity contribution in [1.82, 2.24) is 29.3 Å². The number of fused-ring (bicyclic) bond motifs is 2. The van der Waals surface area contributed by atoms with Gasteiger partial charge in [0, 0.05) is 59.5 Å². The second-order valence-corrected chi connectivity index (χ2v) is 19.8. The van der Waals surface area contributed by atoms with Crippen LogP contribution in [0.4, 0.5) is 21.7 Å². The number of halogens is 2. The Kier molecular flexibility index (Phi) is 10.7. The van der Waals surface area contributed by atoms with Crippen LogP contribution in [0.3, 0.4) is 0 Å². The fourth-order valence-electron chi connectivity index (χ4n) is 10.7. The van der Waals surface area contributed by atoms with E-state index in [2.05, 4.69) is 45.6 Å². The highest BCUT2D eigenvalue weighted by Crippen LogP contribution is 2.55. The molecule has 0 bridgehead atoms. The summed E-state index contributed by atoms with van der Waals surface area (Å²) >= 11 is 8.31. The Morgan fingerprint density at radius 3 is 2.48 bits per heavy atom. The van der Waals surface area contributed by atoms with Crippen molar-refractivity contribution in [3.63, 3.8) is 0 Å². The standard InChI is InChI=1S/C45H50ClFN8O5S/c1-26-20-30(6-7-33(26)49-43-48-24-28-21-32(46)42(58)54(40(28)51-43)29-4-2-3-5-29)61-31-22-45(23-31)14-18-52(19-15-45)25-27-12-16-53(17-13-27)34-8-9-35-39(38(34)47)60-44(59)55(35)36-10-11-37(56)50-41(36)57/h6-9,20-21,24,27,29,31,36H,2-5,10-19,22-23,25H2,1H3,(H,48,49,51)(H,50,56,57). The van der Waals surface area contributed by atoms with Gasteiger partial charge in [0.05, 0.1) is 11.2 Å². The number of piperidine rings is 3. The summed E-state index contributed by atoms with van der Waals surface area (Å²) in [7, 11) is 0. The molecule has 2 aromatic carbocycles. The lowest BCUT2D eigenvalue weighted by atomic mass is 9.63. The predicted molar refractivity (Wildman–Crippen MR) is 235 cm³/mol. The lowest BCUT2D eigenvalue weighted by Gasteiger charge is -2.52. The third kappa shape index (κ3) is 7.75. The van der Waals surface area contributed by atoms with Gasteiger partial charge in [-0.25, -0.2) is 14.2 Å². The number of rotatable bonds is 9. The van der Waals surface area contributed by atoms with Gasteiger partial charge in [0.15, 0.2) is 11.4 Å². The number of amides is 2. The fraction of sp³-hybridized carbons (Fsp3) is 0.511. The number of aryl methyl sites for hydroxylation is 1. The SMILES string of the molecule is Cc1cc(SC2CC3(CCN(CC4CCN(c5ccc6c(oc(=O)n6C6CCC(=O)NC6=O)c5F)CC4)CC3)C2)ccc1Nc1ncc2cc(Cl)c(=O)n(C3CCCC3)c2n1. The summed E-state index contributed by atoms with van der Waals surface area (Å²) in [5.74, 6) is -1.35. The van der Waals surface area contributed by atoms with E-state index < -0.39 is 23.5 Å². The summed E-state index contributed by atoms with van der Waals surface area (Å²) < 4.78 is 24.1. The van der Waals surface area contributed by atoms with Gasteiger partial charge in [0.2, 0.25) is 17.8 Å². The van der Waals surface area contributed by atoms with Crippen molar-refractivity contribution in [3.05, 3.63) is 79.9 Å². The number of thioether (sulfide) groups is 1. The molecule has 5 aromatic rings. The van der Waals surface area contributed by atoms with Gasteiger partial charge in [0.25, 0.3) is 5.56 Å². The Labute approximate surface area is 361 Å². The van der Waals surface area contributed by atoms with Crippen molar-refractivity contribution in [3.8, 4) is 0 Å². The molecule has 13 nitrogen and oxygen atoms in total. The molecular formula is C45H50ClFN8O5S. The van der Waals surface area contributed by atoms with Gasteiger partial charge in [-0.05, 0) is 131 Å². The Bertz CT molecular complexity index is 2650. The smallest absolute Gasteiger partial charge is 0.404 e. The second-order valence-electron chi connectivity index (χ2n) is 18.0. The molecule has 2 aliphatic carbocycles. The topological polar surface area (TPSA) is 148 Å². The number of hydrogen-bond acceptors (Lipinski definition) is 11. The van der Waals surface area contributed by atoms with Gasteiger partial charge in [-0.2, -0.15) is 4.98 Å². The lowest BCUT2D eigenvalue weighted by Crippen LogP contribution is -2.49. The normalized spacial score (nSPS) is 21.8. The molecule has 2 saturated carbocycles. The summed E-state index contributed by atoms with van der Waals surface area (Å²) in [6, 6.07) is 10.7. The largest absolute Gasteiger partial charge is 0.420 e. The number of anilines is 3. The molecule has 1 unspecified atom stereocenters. The van der Waals surface area contributed by atoms with Crippen molar-refractivity contribution in [2.24, 2.45) is 11.3 Å². The zero-order valence-electron chi connectivity index (χ0n) is 34.3. The first-order valence-electron chi connectivity index (χ1n) is 21.8. The number of nitrogens with zero attached hydrogens (tertiary/aromatic N) is 6. The minimum absolute atomic E-state index is 0.106. The predicted octanol–water partition coefficient (Wildman–Crippen LogP) is 7.89. The molecule has 3 aromatic heterocycles. The molecule has 1 atom stereocenters. The Morgan fingerprint density at radius 1 is 0.967 bits per heavy atom. The Balaban J connectivity index is 0.694. The minimum atomic E-state index is -0.911. The van der Waals surface area contributed by atoms with Gasteiger partial charge < -0.3 is 19.5 Å². The maximum atomic E-state index is 15.8. The van der Waals surface area contributed by atoms with Crippen molar-refractivity contribution in [1.29, 1.82) is 0 Å². The maximum absolute atomic E-state index is 15.8. The Hall–Kier alpha value is -4.73. The van der Waals surface area contributed by atoms with Crippen LogP contribution >= 0.6 is 23.4 Å². The van der Waals surface area contributed by atoms with Crippen molar-refractivity contribution >= 4 is 74.6 Å². The van der Waals surface area contributed by atoms with Crippen LogP contribution in [0.5, 0.6) is 0 Å². The summed E-state index contributed by atoms with van der Waals surface area (Å²) in [4.78, 5) is 65.2. The molecule has 10 rings (SSSR count). The van der Waals surface area contributed by atoms with Crippen LogP contribution < -0.4 is 26.8 Å². The zero-order valence-corrected chi connectivity index (χ0v) is 35.8. The molecule has 5 fully saturated rings. The van der Waals surface area contributed by atoms with E-state index in [0.29, 0.717) is 33.9 Å². The van der Waals surface area contributed by atoms with E-state index in [1.807, 2.05) is 16.7 Å². The summed E-state index contributed by atoms with van der Waals surface area (Å²) in [6.07, 6.45) is 13.0.